The van der Waals surface area contributed by atoms with Gasteiger partial charge in [0.2, 0.25) is 0 Å². The first-order valence-corrected chi connectivity index (χ1v) is 11.8. The summed E-state index contributed by atoms with van der Waals surface area (Å²) in [6.45, 7) is 0.839. The summed E-state index contributed by atoms with van der Waals surface area (Å²) in [6.07, 6.45) is 18.7. The number of aliphatic hydroxyl groups excluding tert-OH is 1. The maximum atomic E-state index is 11.8. The molecular weight excluding hydrogens is 356 g/mol. The van der Waals surface area contributed by atoms with Crippen LogP contribution in [-0.4, -0.2) is 49.2 Å². The van der Waals surface area contributed by atoms with E-state index in [1.165, 1.54) is 77.0 Å². The van der Waals surface area contributed by atoms with Crippen LogP contribution in [0.4, 0.5) is 0 Å². The second-order valence-corrected chi connectivity index (χ2v) is 8.57. The van der Waals surface area contributed by atoms with Gasteiger partial charge in [0.1, 0.15) is 18.8 Å². The number of esters is 1. The van der Waals surface area contributed by atoms with Gasteiger partial charge in [0, 0.05) is 6.42 Å². The highest BCUT2D eigenvalue weighted by atomic mass is 16.6. The van der Waals surface area contributed by atoms with E-state index in [0.717, 1.165) is 19.3 Å². The van der Waals surface area contributed by atoms with Gasteiger partial charge in [0.15, 0.2) is 0 Å². The molecule has 5 nitrogen and oxygen atoms in total. The molecule has 0 aromatic rings. The van der Waals surface area contributed by atoms with Crippen molar-refractivity contribution in [1.29, 1.82) is 0 Å². The zero-order chi connectivity index (χ0) is 19.9. The van der Waals surface area contributed by atoms with Crippen molar-refractivity contribution in [2.24, 2.45) is 0 Å². The molecule has 2 heterocycles. The molecule has 0 saturated carbocycles. The molecule has 0 amide bonds. The maximum Gasteiger partial charge on any atom is 0.305 e. The molecule has 3 atom stereocenters. The SMILES string of the molecule is O=C1CCCCCCCCCCCCCCCCC2OCC2OCC(O)CO1. The molecule has 0 aromatic heterocycles. The standard InChI is InChI=1S/C23H42O5/c24-20-17-26-22-19-27-21(22)15-13-11-9-7-5-3-1-2-4-6-8-10-12-14-16-23(25)28-18-20/h20-22,24H,1-19H2. The van der Waals surface area contributed by atoms with Crippen LogP contribution in [0.3, 0.4) is 0 Å². The molecule has 2 aliphatic heterocycles. The van der Waals surface area contributed by atoms with E-state index >= 15 is 0 Å². The molecule has 5 heteroatoms. The summed E-state index contributed by atoms with van der Waals surface area (Å²) >= 11 is 0. The zero-order valence-electron chi connectivity index (χ0n) is 17.7. The fraction of sp³-hybridized carbons (Fsp3) is 0.957. The third kappa shape index (κ3) is 10.8. The largest absolute Gasteiger partial charge is 0.463 e. The fourth-order valence-corrected chi connectivity index (χ4v) is 4.02. The molecule has 2 fully saturated rings. The zero-order valence-corrected chi connectivity index (χ0v) is 17.7. The summed E-state index contributed by atoms with van der Waals surface area (Å²) in [4.78, 5) is 11.8. The number of carbonyl (C=O) groups excluding carboxylic acids is 1. The molecule has 0 spiro atoms. The molecule has 3 unspecified atom stereocenters. The summed E-state index contributed by atoms with van der Waals surface area (Å²) in [5.41, 5.74) is 0. The number of cyclic esters (lactones) is 1. The molecule has 0 bridgehead atoms. The monoisotopic (exact) mass is 398 g/mol. The molecule has 164 valence electrons. The maximum absolute atomic E-state index is 11.8. The van der Waals surface area contributed by atoms with E-state index in [2.05, 4.69) is 0 Å². The minimum atomic E-state index is -0.754. The second kappa shape index (κ2) is 15.2. The Balaban J connectivity index is 1.64. The first-order valence-electron chi connectivity index (χ1n) is 11.8. The van der Waals surface area contributed by atoms with Crippen LogP contribution in [0.25, 0.3) is 0 Å². The van der Waals surface area contributed by atoms with Crippen molar-refractivity contribution in [3.05, 3.63) is 0 Å². The van der Waals surface area contributed by atoms with Crippen LogP contribution in [0.1, 0.15) is 103 Å². The molecule has 1 N–H and O–H groups in total. The van der Waals surface area contributed by atoms with E-state index in [1.807, 2.05) is 0 Å². The van der Waals surface area contributed by atoms with Crippen molar-refractivity contribution in [2.75, 3.05) is 19.8 Å². The highest BCUT2D eigenvalue weighted by molar-refractivity contribution is 5.69. The van der Waals surface area contributed by atoms with Crippen LogP contribution >= 0.6 is 0 Å². The predicted molar refractivity (Wildman–Crippen MR) is 110 cm³/mol. The summed E-state index contributed by atoms with van der Waals surface area (Å²) < 4.78 is 16.5. The van der Waals surface area contributed by atoms with E-state index in [9.17, 15) is 9.90 Å². The molecule has 28 heavy (non-hydrogen) atoms. The predicted octanol–water partition coefficient (Wildman–Crippen LogP) is 4.93. The van der Waals surface area contributed by atoms with Crippen LogP contribution in [0, 0.1) is 0 Å². The average molecular weight is 399 g/mol. The smallest absolute Gasteiger partial charge is 0.305 e. The lowest BCUT2D eigenvalue weighted by atomic mass is 10.0. The van der Waals surface area contributed by atoms with Crippen LogP contribution in [-0.2, 0) is 19.0 Å². The Kier molecular flexibility index (Phi) is 12.8. The van der Waals surface area contributed by atoms with Crippen molar-refractivity contribution >= 4 is 5.97 Å². The molecule has 2 rings (SSSR count). The number of fused-ring (bicyclic) bond motifs is 1. The second-order valence-electron chi connectivity index (χ2n) is 8.57. The lowest BCUT2D eigenvalue weighted by Crippen LogP contribution is -2.48. The van der Waals surface area contributed by atoms with Gasteiger partial charge in [-0.3, -0.25) is 4.79 Å². The van der Waals surface area contributed by atoms with Gasteiger partial charge >= 0.3 is 5.97 Å². The van der Waals surface area contributed by atoms with Crippen LogP contribution in [0.5, 0.6) is 0 Å². The van der Waals surface area contributed by atoms with Gasteiger partial charge < -0.3 is 19.3 Å². The van der Waals surface area contributed by atoms with Gasteiger partial charge in [-0.15, -0.1) is 0 Å². The third-order valence-electron chi connectivity index (χ3n) is 5.95. The van der Waals surface area contributed by atoms with Crippen molar-refractivity contribution in [3.8, 4) is 0 Å². The lowest BCUT2D eigenvalue weighted by Gasteiger charge is -2.37. The van der Waals surface area contributed by atoms with Gasteiger partial charge in [0.25, 0.3) is 0 Å². The highest BCUT2D eigenvalue weighted by Crippen LogP contribution is 2.23. The number of ether oxygens (including phenoxy) is 3. The normalized spacial score (nSPS) is 31.6. The quantitative estimate of drug-likeness (QED) is 0.586. The van der Waals surface area contributed by atoms with Crippen molar-refractivity contribution in [1.82, 2.24) is 0 Å². The number of carbonyl (C=O) groups is 1. The van der Waals surface area contributed by atoms with E-state index in [0.29, 0.717) is 13.0 Å². The minimum Gasteiger partial charge on any atom is -0.463 e. The summed E-state index contributed by atoms with van der Waals surface area (Å²) in [5.74, 6) is -0.210. The molecule has 2 saturated heterocycles. The number of hydrogen-bond donors (Lipinski definition) is 1. The van der Waals surface area contributed by atoms with Gasteiger partial charge in [-0.25, -0.2) is 0 Å². The number of hydrogen-bond acceptors (Lipinski definition) is 5. The van der Waals surface area contributed by atoms with E-state index in [1.54, 1.807) is 0 Å². The lowest BCUT2D eigenvalue weighted by molar-refractivity contribution is -0.201. The van der Waals surface area contributed by atoms with Crippen LogP contribution < -0.4 is 0 Å². The minimum absolute atomic E-state index is 0.0249. The summed E-state index contributed by atoms with van der Waals surface area (Å²) in [7, 11) is 0. The molecule has 0 radical (unpaired) electrons. The topological polar surface area (TPSA) is 65.0 Å². The van der Waals surface area contributed by atoms with Gasteiger partial charge in [-0.05, 0) is 12.8 Å². The Morgan fingerprint density at radius 1 is 0.607 bits per heavy atom. The highest BCUT2D eigenvalue weighted by Gasteiger charge is 2.32. The van der Waals surface area contributed by atoms with Crippen molar-refractivity contribution < 1.29 is 24.1 Å². The average Bonchev–Trinajstić information content (AvgIpc) is 2.67. The van der Waals surface area contributed by atoms with E-state index in [4.69, 9.17) is 14.2 Å². The summed E-state index contributed by atoms with van der Waals surface area (Å²) in [6, 6.07) is 0. The van der Waals surface area contributed by atoms with Crippen LogP contribution in [0.15, 0.2) is 0 Å². The van der Waals surface area contributed by atoms with E-state index < -0.39 is 6.10 Å². The first-order chi connectivity index (χ1) is 13.8. The molecule has 0 aromatic carbocycles. The third-order valence-corrected chi connectivity index (χ3v) is 5.95. The Morgan fingerprint density at radius 3 is 1.64 bits per heavy atom. The van der Waals surface area contributed by atoms with Crippen molar-refractivity contribution in [3.63, 3.8) is 0 Å². The Hall–Kier alpha value is -0.650. The Labute approximate surface area is 171 Å². The molecule has 0 aliphatic carbocycles. The Bertz CT molecular complexity index is 400. The number of aliphatic hydroxyl groups is 1. The van der Waals surface area contributed by atoms with Gasteiger partial charge in [0.05, 0.1) is 19.3 Å². The molecule has 2 aliphatic rings. The first kappa shape index (κ1) is 23.6. The number of rotatable bonds is 0. The molecular formula is C23H42O5. The van der Waals surface area contributed by atoms with E-state index in [-0.39, 0.29) is 31.4 Å². The van der Waals surface area contributed by atoms with Gasteiger partial charge in [-0.2, -0.15) is 0 Å². The Morgan fingerprint density at radius 2 is 1.11 bits per heavy atom. The summed E-state index contributed by atoms with van der Waals surface area (Å²) in [5, 5.41) is 9.98. The fourth-order valence-electron chi connectivity index (χ4n) is 4.02. The van der Waals surface area contributed by atoms with Gasteiger partial charge in [-0.1, -0.05) is 83.5 Å². The van der Waals surface area contributed by atoms with Crippen LogP contribution in [0.2, 0.25) is 0 Å². The van der Waals surface area contributed by atoms with Crippen molar-refractivity contribution in [2.45, 2.75) is 121 Å².